The van der Waals surface area contributed by atoms with Crippen LogP contribution in [-0.4, -0.2) is 15.7 Å². The Bertz CT molecular complexity index is 820. The Hall–Kier alpha value is -1.35. The summed E-state index contributed by atoms with van der Waals surface area (Å²) in [5, 5.41) is 4.08. The van der Waals surface area contributed by atoms with Gasteiger partial charge in [-0.1, -0.05) is 6.07 Å². The summed E-state index contributed by atoms with van der Waals surface area (Å²) >= 11 is 3.49. The van der Waals surface area contributed by atoms with Crippen molar-refractivity contribution < 1.29 is 13.6 Å². The Morgan fingerprint density at radius 2 is 2.00 bits per heavy atom. The van der Waals surface area contributed by atoms with Crippen molar-refractivity contribution in [2.75, 3.05) is 0 Å². The van der Waals surface area contributed by atoms with Crippen LogP contribution >= 0.6 is 33.9 Å². The average Bonchev–Trinajstić information content (AvgIpc) is 2.89. The lowest BCUT2D eigenvalue weighted by atomic mass is 10.2. The predicted molar refractivity (Wildman–Crippen MR) is 81.2 cm³/mol. The lowest BCUT2D eigenvalue weighted by Gasteiger charge is -2.04. The third-order valence-electron chi connectivity index (χ3n) is 2.81. The number of benzene rings is 1. The molecule has 7 heteroatoms. The maximum atomic E-state index is 13.7. The van der Waals surface area contributed by atoms with E-state index in [2.05, 4.69) is 5.10 Å². The van der Waals surface area contributed by atoms with Crippen molar-refractivity contribution >= 4 is 50.1 Å². The summed E-state index contributed by atoms with van der Waals surface area (Å²) in [6.07, 6.45) is 0. The zero-order valence-electron chi connectivity index (χ0n) is 10.2. The van der Waals surface area contributed by atoms with Gasteiger partial charge >= 0.3 is 0 Å². The van der Waals surface area contributed by atoms with Crippen LogP contribution in [0.1, 0.15) is 15.2 Å². The molecule has 0 spiro atoms. The van der Waals surface area contributed by atoms with Crippen molar-refractivity contribution in [3.63, 3.8) is 0 Å². The Balaban J connectivity index is 2.23. The van der Waals surface area contributed by atoms with E-state index in [1.165, 1.54) is 17.4 Å². The SMILES string of the molecule is Cc1cc2c(s1)c(I)nn2C(=O)c1c(F)cccc1F. The molecule has 0 fully saturated rings. The van der Waals surface area contributed by atoms with Crippen LogP contribution in [0.4, 0.5) is 8.78 Å². The summed E-state index contributed by atoms with van der Waals surface area (Å²) in [5.74, 6) is -2.58. The highest BCUT2D eigenvalue weighted by atomic mass is 127. The highest BCUT2D eigenvalue weighted by Crippen LogP contribution is 2.30. The number of aromatic nitrogens is 2. The zero-order chi connectivity index (χ0) is 14.4. The Morgan fingerprint density at radius 3 is 2.65 bits per heavy atom. The number of thiophene rings is 1. The molecular weight excluding hydrogens is 397 g/mol. The molecule has 20 heavy (non-hydrogen) atoms. The van der Waals surface area contributed by atoms with Crippen LogP contribution in [0.3, 0.4) is 0 Å². The molecule has 0 radical (unpaired) electrons. The Labute approximate surface area is 130 Å². The number of fused-ring (bicyclic) bond motifs is 1. The molecular formula is C13H7F2IN2OS. The molecule has 3 nitrogen and oxygen atoms in total. The first kappa shape index (κ1) is 13.6. The van der Waals surface area contributed by atoms with Crippen LogP contribution in [0.25, 0.3) is 10.2 Å². The van der Waals surface area contributed by atoms with Crippen LogP contribution < -0.4 is 0 Å². The van der Waals surface area contributed by atoms with E-state index in [4.69, 9.17) is 0 Å². The summed E-state index contributed by atoms with van der Waals surface area (Å²) < 4.78 is 29.9. The highest BCUT2D eigenvalue weighted by molar-refractivity contribution is 14.1. The average molecular weight is 404 g/mol. The van der Waals surface area contributed by atoms with Gasteiger partial charge in [0.2, 0.25) is 0 Å². The van der Waals surface area contributed by atoms with Gasteiger partial charge in [-0.05, 0) is 47.7 Å². The summed E-state index contributed by atoms with van der Waals surface area (Å²) in [6.45, 7) is 1.90. The molecule has 3 rings (SSSR count). The number of aryl methyl sites for hydroxylation is 1. The summed E-state index contributed by atoms with van der Waals surface area (Å²) in [6, 6.07) is 5.12. The summed E-state index contributed by atoms with van der Waals surface area (Å²) in [7, 11) is 0. The van der Waals surface area contributed by atoms with Crippen molar-refractivity contribution in [3.8, 4) is 0 Å². The smallest absolute Gasteiger partial charge is 0.266 e. The molecule has 0 amide bonds. The van der Waals surface area contributed by atoms with E-state index in [0.29, 0.717) is 9.22 Å². The largest absolute Gasteiger partial charge is 0.284 e. The minimum absolute atomic E-state index is 0.574. The van der Waals surface area contributed by atoms with E-state index in [0.717, 1.165) is 26.4 Å². The Morgan fingerprint density at radius 1 is 1.35 bits per heavy atom. The quantitative estimate of drug-likeness (QED) is 0.576. The third kappa shape index (κ3) is 2.05. The number of nitrogens with zero attached hydrogens (tertiary/aromatic N) is 2. The topological polar surface area (TPSA) is 34.9 Å². The van der Waals surface area contributed by atoms with Gasteiger partial charge in [0.05, 0.1) is 10.2 Å². The normalized spacial score (nSPS) is 11.2. The van der Waals surface area contributed by atoms with Gasteiger partial charge in [0, 0.05) is 4.88 Å². The lowest BCUT2D eigenvalue weighted by Crippen LogP contribution is -2.17. The molecule has 0 aliphatic heterocycles. The summed E-state index contributed by atoms with van der Waals surface area (Å²) in [4.78, 5) is 13.4. The fraction of sp³-hybridized carbons (Fsp3) is 0.0769. The van der Waals surface area contributed by atoms with Crippen molar-refractivity contribution in [3.05, 3.63) is 50.0 Å². The molecule has 2 aromatic heterocycles. The maximum Gasteiger partial charge on any atom is 0.284 e. The number of carbonyl (C=O) groups is 1. The molecule has 102 valence electrons. The monoisotopic (exact) mass is 404 g/mol. The molecule has 3 aromatic rings. The first-order valence-electron chi connectivity index (χ1n) is 5.62. The van der Waals surface area contributed by atoms with Gasteiger partial charge in [0.25, 0.3) is 5.91 Å². The highest BCUT2D eigenvalue weighted by Gasteiger charge is 2.23. The molecule has 0 N–H and O–H groups in total. The van der Waals surface area contributed by atoms with E-state index in [-0.39, 0.29) is 0 Å². The van der Waals surface area contributed by atoms with Crippen molar-refractivity contribution in [1.82, 2.24) is 9.78 Å². The number of hydrogen-bond donors (Lipinski definition) is 0. The zero-order valence-corrected chi connectivity index (χ0v) is 13.1. The van der Waals surface area contributed by atoms with E-state index in [1.54, 1.807) is 6.07 Å². The van der Waals surface area contributed by atoms with Crippen LogP contribution in [-0.2, 0) is 0 Å². The van der Waals surface area contributed by atoms with E-state index in [9.17, 15) is 13.6 Å². The molecule has 0 atom stereocenters. The van der Waals surface area contributed by atoms with Gasteiger partial charge in [-0.2, -0.15) is 9.78 Å². The fourth-order valence-electron chi connectivity index (χ4n) is 1.96. The molecule has 2 heterocycles. The predicted octanol–water partition coefficient (Wildman–Crippen LogP) is 3.98. The van der Waals surface area contributed by atoms with Gasteiger partial charge in [-0.3, -0.25) is 4.79 Å². The molecule has 0 aliphatic rings. The Kier molecular flexibility index (Phi) is 3.33. The van der Waals surface area contributed by atoms with Gasteiger partial charge in [0.15, 0.2) is 0 Å². The van der Waals surface area contributed by atoms with Crippen molar-refractivity contribution in [1.29, 1.82) is 0 Å². The number of rotatable bonds is 1. The van der Waals surface area contributed by atoms with Crippen LogP contribution in [0, 0.1) is 22.3 Å². The number of hydrogen-bond acceptors (Lipinski definition) is 3. The van der Waals surface area contributed by atoms with E-state index < -0.39 is 23.1 Å². The molecule has 0 saturated heterocycles. The standard InChI is InChI=1S/C13H7F2IN2OS/c1-6-5-9-11(20-6)12(16)17-18(9)13(19)10-7(14)3-2-4-8(10)15/h2-5H,1H3. The first-order valence-corrected chi connectivity index (χ1v) is 7.52. The lowest BCUT2D eigenvalue weighted by molar-refractivity contribution is 0.0941. The van der Waals surface area contributed by atoms with Crippen LogP contribution in [0.5, 0.6) is 0 Å². The molecule has 0 bridgehead atoms. The molecule has 0 unspecified atom stereocenters. The minimum Gasteiger partial charge on any atom is -0.266 e. The fourth-order valence-corrected chi connectivity index (χ4v) is 3.65. The minimum atomic E-state index is -0.888. The van der Waals surface area contributed by atoms with Gasteiger partial charge < -0.3 is 0 Å². The van der Waals surface area contributed by atoms with Gasteiger partial charge in [-0.25, -0.2) is 8.78 Å². The number of halogens is 3. The second kappa shape index (κ2) is 4.88. The molecule has 0 aliphatic carbocycles. The van der Waals surface area contributed by atoms with Crippen LogP contribution in [0.2, 0.25) is 0 Å². The van der Waals surface area contributed by atoms with E-state index >= 15 is 0 Å². The second-order valence-electron chi connectivity index (χ2n) is 4.18. The van der Waals surface area contributed by atoms with Crippen molar-refractivity contribution in [2.45, 2.75) is 6.92 Å². The maximum absolute atomic E-state index is 13.7. The van der Waals surface area contributed by atoms with Crippen molar-refractivity contribution in [2.24, 2.45) is 0 Å². The van der Waals surface area contributed by atoms with Gasteiger partial charge in [-0.15, -0.1) is 11.3 Å². The van der Waals surface area contributed by atoms with Crippen LogP contribution in [0.15, 0.2) is 24.3 Å². The summed E-state index contributed by atoms with van der Waals surface area (Å²) in [5.41, 5.74) is -0.0123. The number of carbonyl (C=O) groups excluding carboxylic acids is 1. The third-order valence-corrected chi connectivity index (χ3v) is 4.98. The molecule has 1 aromatic carbocycles. The van der Waals surface area contributed by atoms with E-state index in [1.807, 2.05) is 29.5 Å². The molecule has 0 saturated carbocycles. The van der Waals surface area contributed by atoms with Gasteiger partial charge in [0.1, 0.15) is 20.9 Å². The second-order valence-corrected chi connectivity index (χ2v) is 6.45. The first-order chi connectivity index (χ1) is 9.49.